The second-order valence-electron chi connectivity index (χ2n) is 0.577. The summed E-state index contributed by atoms with van der Waals surface area (Å²) in [5, 5.41) is 49.5. The summed E-state index contributed by atoms with van der Waals surface area (Å²) < 4.78 is 0. The van der Waals surface area contributed by atoms with Crippen molar-refractivity contribution in [1.29, 1.82) is 0 Å². The number of carbonyl (C=O) groups is 6. The number of rotatable bonds is 0. The van der Waals surface area contributed by atoms with Crippen LogP contribution >= 0.6 is 0 Å². The maximum atomic E-state index is 8.25. The van der Waals surface area contributed by atoms with Gasteiger partial charge in [0.25, 0.3) is 0 Å². The van der Waals surface area contributed by atoms with Crippen LogP contribution in [0.25, 0.3) is 0 Å². The first-order valence-electron chi connectivity index (χ1n) is 2.83. The van der Waals surface area contributed by atoms with Gasteiger partial charge in [-0.3, -0.25) is 0 Å². The Morgan fingerprint density at radius 2 is 0.368 bits per heavy atom. The molecule has 0 N–H and O–H groups in total. The fraction of sp³-hybridized carbons (Fsp3) is 0. The van der Waals surface area contributed by atoms with E-state index in [0.29, 0.717) is 0 Å². The van der Waals surface area contributed by atoms with E-state index >= 15 is 0 Å². The van der Waals surface area contributed by atoms with Crippen molar-refractivity contribution >= 4 is 38.8 Å². The minimum atomic E-state index is -0.500. The molecule has 0 aliphatic carbocycles. The van der Waals surface area contributed by atoms with Crippen LogP contribution in [0.4, 0.5) is 0 Å². The first-order chi connectivity index (χ1) is 8.49. The summed E-state index contributed by atoms with van der Waals surface area (Å²) in [5.74, 6) is 0. The first kappa shape index (κ1) is 43.9. The monoisotopic (exact) mass is 368 g/mol. The van der Waals surface area contributed by atoms with Gasteiger partial charge in [-0.2, -0.15) is 0 Å². The molecule has 12 nitrogen and oxygen atoms in total. The van der Waals surface area contributed by atoms with Crippen LogP contribution in [0.2, 0.25) is 0 Å². The van der Waals surface area contributed by atoms with Gasteiger partial charge in [0.2, 0.25) is 0 Å². The Morgan fingerprint density at radius 3 is 0.368 bits per heavy atom. The van der Waals surface area contributed by atoms with Crippen molar-refractivity contribution in [3.8, 4) is 0 Å². The predicted molar refractivity (Wildman–Crippen MR) is 36.4 cm³/mol. The summed E-state index contributed by atoms with van der Waals surface area (Å²) in [6, 6.07) is 0. The van der Waals surface area contributed by atoms with Gasteiger partial charge < -0.3 is 59.4 Å². The van der Waals surface area contributed by atoms with E-state index in [0.717, 1.165) is 0 Å². The van der Waals surface area contributed by atoms with E-state index in [-0.39, 0.29) is 21.1 Å². The van der Waals surface area contributed by atoms with Crippen molar-refractivity contribution in [2.24, 2.45) is 0 Å². The van der Waals surface area contributed by atoms with Crippen LogP contribution in [0, 0.1) is 0 Å². The van der Waals surface area contributed by atoms with Crippen LogP contribution in [-0.2, 0) is 49.8 Å². The maximum Gasteiger partial charge on any atom is 6.00 e. The average Bonchev–Trinajstić information content (AvgIpc) is 2.23. The van der Waals surface area contributed by atoms with E-state index in [1.807, 2.05) is 0 Å². The molecule has 0 saturated carbocycles. The molecule has 0 aromatic heterocycles. The fourth-order valence-electron chi connectivity index (χ4n) is 0. The van der Waals surface area contributed by atoms with Crippen LogP contribution in [0.3, 0.4) is 0 Å². The molecule has 0 aromatic carbocycles. The molecular formula is C6H6MoO12. The molecule has 0 bridgehead atoms. The number of hydrogen-bond donors (Lipinski definition) is 0. The standard InChI is InChI=1S/6CH2O2.Mo/c6*2-1-3;/h6*1H,(H,2,3);/q;;;;;;+6/p-6. The quantitative estimate of drug-likeness (QED) is 0.286. The van der Waals surface area contributed by atoms with Crippen LogP contribution in [-0.4, -0.2) is 38.8 Å². The van der Waals surface area contributed by atoms with E-state index in [9.17, 15) is 0 Å². The third-order valence-corrected chi connectivity index (χ3v) is 0. The molecule has 0 saturated heterocycles. The van der Waals surface area contributed by atoms with Gasteiger partial charge in [-0.15, -0.1) is 0 Å². The Labute approximate surface area is 120 Å². The summed E-state index contributed by atoms with van der Waals surface area (Å²) in [6.45, 7) is -3.00. The Kier molecular flexibility index (Phi) is 613. The maximum absolute atomic E-state index is 8.25. The van der Waals surface area contributed by atoms with Gasteiger partial charge in [0.05, 0.1) is 0 Å². The summed E-state index contributed by atoms with van der Waals surface area (Å²) in [5.41, 5.74) is 0. The SMILES string of the molecule is O=C[O-].O=C[O-].O=C[O-].O=C[O-].O=C[O-].O=C[O-].[Mo+6]. The Morgan fingerprint density at radius 1 is 0.368 bits per heavy atom. The summed E-state index contributed by atoms with van der Waals surface area (Å²) in [7, 11) is 0. The second kappa shape index (κ2) is 265. The molecule has 0 rings (SSSR count). The normalized spacial score (nSPS) is 3.79. The van der Waals surface area contributed by atoms with Crippen molar-refractivity contribution < 1.29 is 80.5 Å². The van der Waals surface area contributed by atoms with Gasteiger partial charge in [0.1, 0.15) is 0 Å². The van der Waals surface area contributed by atoms with E-state index in [4.69, 9.17) is 59.4 Å². The number of carboxylic acid groups (broad SMARTS) is 6. The van der Waals surface area contributed by atoms with Crippen molar-refractivity contribution in [1.82, 2.24) is 0 Å². The van der Waals surface area contributed by atoms with Gasteiger partial charge in [0.15, 0.2) is 0 Å². The molecule has 13 heteroatoms. The van der Waals surface area contributed by atoms with Crippen molar-refractivity contribution in [3.05, 3.63) is 0 Å². The minimum Gasteiger partial charge on any atom is -0.554 e. The Hall–Kier alpha value is -2.49. The molecule has 0 unspecified atom stereocenters. The third kappa shape index (κ3) is 456. The van der Waals surface area contributed by atoms with Crippen LogP contribution in [0.1, 0.15) is 0 Å². The van der Waals surface area contributed by atoms with Gasteiger partial charge in [-0.25, -0.2) is 0 Å². The summed E-state index contributed by atoms with van der Waals surface area (Å²) in [4.78, 5) is 49.5. The molecule has 19 heavy (non-hydrogen) atoms. The molecule has 0 atom stereocenters. The van der Waals surface area contributed by atoms with Gasteiger partial charge >= 0.3 is 21.1 Å². The zero-order valence-corrected chi connectivity index (χ0v) is 10.8. The van der Waals surface area contributed by atoms with Crippen molar-refractivity contribution in [3.63, 3.8) is 0 Å². The second-order valence-corrected chi connectivity index (χ2v) is 0.577. The largest absolute Gasteiger partial charge is 6.00 e. The van der Waals surface area contributed by atoms with Crippen molar-refractivity contribution in [2.45, 2.75) is 0 Å². The van der Waals surface area contributed by atoms with Crippen LogP contribution in [0.15, 0.2) is 0 Å². The molecule has 0 amide bonds. The van der Waals surface area contributed by atoms with Crippen molar-refractivity contribution in [2.75, 3.05) is 0 Å². The van der Waals surface area contributed by atoms with Crippen LogP contribution < -0.4 is 30.6 Å². The van der Waals surface area contributed by atoms with E-state index in [2.05, 4.69) is 0 Å². The average molecular weight is 366 g/mol. The predicted octanol–water partition coefficient (Wildman–Crippen LogP) is -9.81. The number of carbonyl (C=O) groups excluding carboxylic acids is 6. The van der Waals surface area contributed by atoms with Gasteiger partial charge in [-0.05, 0) is 0 Å². The van der Waals surface area contributed by atoms with E-state index < -0.39 is 38.8 Å². The minimum absolute atomic E-state index is 0. The van der Waals surface area contributed by atoms with E-state index in [1.165, 1.54) is 0 Å². The Bertz CT molecular complexity index is 114. The smallest absolute Gasteiger partial charge is 0.554 e. The summed E-state index contributed by atoms with van der Waals surface area (Å²) >= 11 is 0. The Balaban J connectivity index is -0.0000000180. The zero-order valence-electron chi connectivity index (χ0n) is 8.77. The van der Waals surface area contributed by atoms with E-state index in [1.54, 1.807) is 0 Å². The van der Waals surface area contributed by atoms with Crippen LogP contribution in [0.5, 0.6) is 0 Å². The summed E-state index contributed by atoms with van der Waals surface area (Å²) in [6.07, 6.45) is 0. The van der Waals surface area contributed by atoms with Gasteiger partial charge in [-0.1, -0.05) is 0 Å². The fourth-order valence-corrected chi connectivity index (χ4v) is 0. The molecule has 0 aliphatic heterocycles. The third-order valence-electron chi connectivity index (χ3n) is 0. The molecule has 0 fully saturated rings. The zero-order chi connectivity index (χ0) is 16.2. The topological polar surface area (TPSA) is 241 Å². The molecule has 0 heterocycles. The van der Waals surface area contributed by atoms with Gasteiger partial charge in [0, 0.05) is 38.8 Å². The molecule has 0 radical (unpaired) electrons. The first-order valence-corrected chi connectivity index (χ1v) is 2.83. The number of hydrogen-bond acceptors (Lipinski definition) is 12. The molecular weight excluding hydrogens is 360 g/mol. The molecule has 0 aliphatic rings. The molecule has 0 spiro atoms. The molecule has 0 aromatic rings. The molecule has 108 valence electrons.